The number of benzene rings is 1. The number of hydrogen-bond acceptors (Lipinski definition) is 5. The Morgan fingerprint density at radius 3 is 2.76 bits per heavy atom. The molecule has 0 aliphatic carbocycles. The van der Waals surface area contributed by atoms with E-state index in [2.05, 4.69) is 40.8 Å². The third-order valence-electron chi connectivity index (χ3n) is 4.48. The Morgan fingerprint density at radius 2 is 2.04 bits per heavy atom. The van der Waals surface area contributed by atoms with Crippen LogP contribution in [-0.4, -0.2) is 47.8 Å². The molecule has 0 saturated carbocycles. The summed E-state index contributed by atoms with van der Waals surface area (Å²) in [6.45, 7) is 7.73. The van der Waals surface area contributed by atoms with Crippen molar-refractivity contribution in [3.05, 3.63) is 53.6 Å². The van der Waals surface area contributed by atoms with Crippen LogP contribution in [0.4, 0.5) is 0 Å². The number of nitrogens with zero attached hydrogens (tertiary/aromatic N) is 3. The number of methoxy groups -OCH3 is 1. The van der Waals surface area contributed by atoms with Gasteiger partial charge in [0.1, 0.15) is 11.6 Å². The van der Waals surface area contributed by atoms with E-state index in [-0.39, 0.29) is 6.10 Å². The zero-order chi connectivity index (χ0) is 17.6. The molecule has 0 bridgehead atoms. The van der Waals surface area contributed by atoms with Crippen LogP contribution in [0.25, 0.3) is 0 Å². The molecule has 2 heterocycles. The second-order valence-corrected chi connectivity index (χ2v) is 6.84. The van der Waals surface area contributed by atoms with E-state index >= 15 is 0 Å². The molecular formula is C20H27N3O2. The standard InChI is InChI=1S/C20H27N3O2/c1-15(2)20-21-9-8-17(22-20)13-23-10-11-25-19(14-23)12-16-4-6-18(24-3)7-5-16/h4-9,15,19H,10-14H2,1-3H3. The predicted octanol–water partition coefficient (Wildman–Crippen LogP) is 3.05. The lowest BCUT2D eigenvalue weighted by Gasteiger charge is -2.32. The molecule has 1 fully saturated rings. The molecule has 5 nitrogen and oxygen atoms in total. The second kappa shape index (κ2) is 8.41. The SMILES string of the molecule is COc1ccc(CC2CN(Cc3ccnc(C(C)C)n3)CCO2)cc1. The maximum Gasteiger partial charge on any atom is 0.131 e. The van der Waals surface area contributed by atoms with E-state index in [9.17, 15) is 0 Å². The molecule has 2 aromatic rings. The molecule has 1 aliphatic heterocycles. The number of morpholine rings is 1. The molecule has 25 heavy (non-hydrogen) atoms. The monoisotopic (exact) mass is 341 g/mol. The van der Waals surface area contributed by atoms with Crippen LogP contribution in [0.2, 0.25) is 0 Å². The highest BCUT2D eigenvalue weighted by atomic mass is 16.5. The predicted molar refractivity (Wildman–Crippen MR) is 97.8 cm³/mol. The summed E-state index contributed by atoms with van der Waals surface area (Å²) in [6, 6.07) is 10.2. The average Bonchev–Trinajstić information content (AvgIpc) is 2.63. The summed E-state index contributed by atoms with van der Waals surface area (Å²) in [5, 5.41) is 0. The van der Waals surface area contributed by atoms with Crippen molar-refractivity contribution in [3.8, 4) is 5.75 Å². The highest BCUT2D eigenvalue weighted by Gasteiger charge is 2.21. The zero-order valence-electron chi connectivity index (χ0n) is 15.3. The first kappa shape index (κ1) is 17.8. The quantitative estimate of drug-likeness (QED) is 0.808. The molecule has 3 rings (SSSR count). The Morgan fingerprint density at radius 1 is 1.24 bits per heavy atom. The summed E-state index contributed by atoms with van der Waals surface area (Å²) >= 11 is 0. The van der Waals surface area contributed by atoms with Gasteiger partial charge in [-0.2, -0.15) is 0 Å². The molecule has 1 aromatic heterocycles. The molecule has 1 aromatic carbocycles. The first-order chi connectivity index (χ1) is 12.1. The van der Waals surface area contributed by atoms with E-state index in [1.807, 2.05) is 24.4 Å². The third kappa shape index (κ3) is 5.00. The lowest BCUT2D eigenvalue weighted by atomic mass is 10.1. The maximum atomic E-state index is 5.96. The van der Waals surface area contributed by atoms with Gasteiger partial charge in [0.15, 0.2) is 0 Å². The van der Waals surface area contributed by atoms with E-state index < -0.39 is 0 Å². The number of aromatic nitrogens is 2. The lowest BCUT2D eigenvalue weighted by molar-refractivity contribution is -0.0308. The van der Waals surface area contributed by atoms with Gasteiger partial charge in [0.2, 0.25) is 0 Å². The summed E-state index contributed by atoms with van der Waals surface area (Å²) in [5.41, 5.74) is 2.36. The van der Waals surface area contributed by atoms with Gasteiger partial charge in [-0.05, 0) is 30.2 Å². The topological polar surface area (TPSA) is 47.5 Å². The minimum atomic E-state index is 0.216. The Balaban J connectivity index is 1.58. The molecule has 0 amide bonds. The maximum absolute atomic E-state index is 5.96. The van der Waals surface area contributed by atoms with Gasteiger partial charge in [0.25, 0.3) is 0 Å². The lowest BCUT2D eigenvalue weighted by Crippen LogP contribution is -2.43. The normalized spacial score (nSPS) is 18.5. The molecular weight excluding hydrogens is 314 g/mol. The Hall–Kier alpha value is -1.98. The summed E-state index contributed by atoms with van der Waals surface area (Å²) in [7, 11) is 1.69. The van der Waals surface area contributed by atoms with Gasteiger partial charge in [0, 0.05) is 31.7 Å². The summed E-state index contributed by atoms with van der Waals surface area (Å²) in [5.74, 6) is 2.16. The highest BCUT2D eigenvalue weighted by molar-refractivity contribution is 5.27. The van der Waals surface area contributed by atoms with E-state index in [1.165, 1.54) is 5.56 Å². The fourth-order valence-corrected chi connectivity index (χ4v) is 3.08. The molecule has 0 N–H and O–H groups in total. The fraction of sp³-hybridized carbons (Fsp3) is 0.500. The smallest absolute Gasteiger partial charge is 0.131 e. The minimum absolute atomic E-state index is 0.216. The van der Waals surface area contributed by atoms with Crippen LogP contribution in [0.1, 0.15) is 36.8 Å². The summed E-state index contributed by atoms with van der Waals surface area (Å²) in [4.78, 5) is 11.5. The van der Waals surface area contributed by atoms with Gasteiger partial charge in [-0.3, -0.25) is 4.90 Å². The van der Waals surface area contributed by atoms with Crippen LogP contribution in [0.3, 0.4) is 0 Å². The molecule has 1 aliphatic rings. The van der Waals surface area contributed by atoms with Crippen molar-refractivity contribution < 1.29 is 9.47 Å². The number of hydrogen-bond donors (Lipinski definition) is 0. The first-order valence-corrected chi connectivity index (χ1v) is 8.92. The molecule has 5 heteroatoms. The fourth-order valence-electron chi connectivity index (χ4n) is 3.08. The van der Waals surface area contributed by atoms with Gasteiger partial charge < -0.3 is 9.47 Å². The molecule has 134 valence electrons. The van der Waals surface area contributed by atoms with E-state index in [0.29, 0.717) is 5.92 Å². The van der Waals surface area contributed by atoms with Gasteiger partial charge >= 0.3 is 0 Å². The van der Waals surface area contributed by atoms with Crippen LogP contribution < -0.4 is 4.74 Å². The van der Waals surface area contributed by atoms with E-state index in [0.717, 1.165) is 49.9 Å². The summed E-state index contributed by atoms with van der Waals surface area (Å²) < 4.78 is 11.2. The minimum Gasteiger partial charge on any atom is -0.497 e. The summed E-state index contributed by atoms with van der Waals surface area (Å²) in [6.07, 6.45) is 3.00. The zero-order valence-corrected chi connectivity index (χ0v) is 15.3. The Labute approximate surface area is 150 Å². The average molecular weight is 341 g/mol. The molecule has 1 saturated heterocycles. The van der Waals surface area contributed by atoms with Crippen LogP contribution in [0.15, 0.2) is 36.5 Å². The van der Waals surface area contributed by atoms with E-state index in [4.69, 9.17) is 9.47 Å². The number of rotatable bonds is 6. The third-order valence-corrected chi connectivity index (χ3v) is 4.48. The van der Waals surface area contributed by atoms with Crippen molar-refractivity contribution in [2.24, 2.45) is 0 Å². The number of ether oxygens (including phenoxy) is 2. The van der Waals surface area contributed by atoms with Crippen LogP contribution in [-0.2, 0) is 17.7 Å². The van der Waals surface area contributed by atoms with Crippen molar-refractivity contribution in [1.82, 2.24) is 14.9 Å². The van der Waals surface area contributed by atoms with Gasteiger partial charge in [-0.1, -0.05) is 26.0 Å². The first-order valence-electron chi connectivity index (χ1n) is 8.92. The van der Waals surface area contributed by atoms with Gasteiger partial charge in [0.05, 0.1) is 25.5 Å². The van der Waals surface area contributed by atoms with Crippen LogP contribution >= 0.6 is 0 Å². The highest BCUT2D eigenvalue weighted by Crippen LogP contribution is 2.17. The van der Waals surface area contributed by atoms with Crippen molar-refractivity contribution in [2.75, 3.05) is 26.8 Å². The molecule has 1 unspecified atom stereocenters. The molecule has 0 radical (unpaired) electrons. The van der Waals surface area contributed by atoms with Gasteiger partial charge in [-0.25, -0.2) is 9.97 Å². The van der Waals surface area contributed by atoms with Crippen LogP contribution in [0, 0.1) is 0 Å². The Bertz CT molecular complexity index is 673. The van der Waals surface area contributed by atoms with Crippen molar-refractivity contribution >= 4 is 0 Å². The second-order valence-electron chi connectivity index (χ2n) is 6.84. The van der Waals surface area contributed by atoms with Crippen molar-refractivity contribution in [1.29, 1.82) is 0 Å². The Kier molecular flexibility index (Phi) is 6.00. The van der Waals surface area contributed by atoms with Crippen molar-refractivity contribution in [2.45, 2.75) is 38.8 Å². The van der Waals surface area contributed by atoms with Gasteiger partial charge in [-0.15, -0.1) is 0 Å². The largest absolute Gasteiger partial charge is 0.497 e. The molecule has 1 atom stereocenters. The van der Waals surface area contributed by atoms with Crippen molar-refractivity contribution in [3.63, 3.8) is 0 Å². The molecule has 0 spiro atoms. The van der Waals surface area contributed by atoms with E-state index in [1.54, 1.807) is 7.11 Å². The van der Waals surface area contributed by atoms with Crippen LogP contribution in [0.5, 0.6) is 5.75 Å².